The predicted molar refractivity (Wildman–Crippen MR) is 81.6 cm³/mol. The molecule has 2 rings (SSSR count). The number of nitrogens with one attached hydrogen (secondary N) is 1. The van der Waals surface area contributed by atoms with Crippen LogP contribution in [0.1, 0.15) is 32.3 Å². The number of nitrogens with zero attached hydrogens (tertiary/aromatic N) is 2. The Labute approximate surface area is 123 Å². The summed E-state index contributed by atoms with van der Waals surface area (Å²) < 4.78 is 1.01. The number of pyridine rings is 1. The summed E-state index contributed by atoms with van der Waals surface area (Å²) in [5.41, 5.74) is 4.25. The van der Waals surface area contributed by atoms with E-state index in [4.69, 9.17) is 5.84 Å². The molecule has 1 fully saturated rings. The van der Waals surface area contributed by atoms with E-state index in [9.17, 15) is 0 Å². The van der Waals surface area contributed by atoms with Gasteiger partial charge in [0.2, 0.25) is 0 Å². The molecule has 0 radical (unpaired) electrons. The molecule has 4 nitrogen and oxygen atoms in total. The fourth-order valence-electron chi connectivity index (χ4n) is 2.83. The molecule has 0 bridgehead atoms. The highest BCUT2D eigenvalue weighted by Crippen LogP contribution is 2.26. The van der Waals surface area contributed by atoms with E-state index in [0.29, 0.717) is 0 Å². The van der Waals surface area contributed by atoms with Gasteiger partial charge in [-0.05, 0) is 73.8 Å². The van der Waals surface area contributed by atoms with Gasteiger partial charge in [-0.25, -0.2) is 0 Å². The SMILES string of the molecule is CC(C)(C(Cc1cncc(Br)c1)NN)N1CCCC1. The number of halogens is 1. The van der Waals surface area contributed by atoms with Crippen molar-refractivity contribution in [3.05, 3.63) is 28.5 Å². The first-order valence-corrected chi connectivity index (χ1v) is 7.64. The van der Waals surface area contributed by atoms with Crippen molar-refractivity contribution < 1.29 is 0 Å². The summed E-state index contributed by atoms with van der Waals surface area (Å²) in [6.45, 7) is 6.88. The van der Waals surface area contributed by atoms with Crippen LogP contribution >= 0.6 is 15.9 Å². The summed E-state index contributed by atoms with van der Waals surface area (Å²) in [4.78, 5) is 6.75. The van der Waals surface area contributed by atoms with Crippen molar-refractivity contribution in [3.8, 4) is 0 Å². The number of likely N-dealkylation sites (tertiary alicyclic amines) is 1. The first kappa shape index (κ1) is 14.9. The van der Waals surface area contributed by atoms with Crippen molar-refractivity contribution in [1.82, 2.24) is 15.3 Å². The molecule has 1 aliphatic rings. The fourth-order valence-corrected chi connectivity index (χ4v) is 3.24. The van der Waals surface area contributed by atoms with Crippen molar-refractivity contribution in [3.63, 3.8) is 0 Å². The Hall–Kier alpha value is -0.490. The van der Waals surface area contributed by atoms with Gasteiger partial charge in [-0.3, -0.25) is 21.2 Å². The lowest BCUT2D eigenvalue weighted by Gasteiger charge is -2.42. The number of rotatable bonds is 5. The largest absolute Gasteiger partial charge is 0.297 e. The van der Waals surface area contributed by atoms with E-state index in [-0.39, 0.29) is 11.6 Å². The van der Waals surface area contributed by atoms with Gasteiger partial charge in [0.15, 0.2) is 0 Å². The molecule has 0 amide bonds. The lowest BCUT2D eigenvalue weighted by molar-refractivity contribution is 0.106. The van der Waals surface area contributed by atoms with E-state index in [1.807, 2.05) is 6.20 Å². The zero-order chi connectivity index (χ0) is 13.9. The van der Waals surface area contributed by atoms with E-state index in [1.165, 1.54) is 31.5 Å². The first-order valence-electron chi connectivity index (χ1n) is 6.84. The van der Waals surface area contributed by atoms with Crippen LogP contribution in [0.2, 0.25) is 0 Å². The second-order valence-corrected chi connectivity index (χ2v) is 6.70. The molecular weight excluding hydrogens is 304 g/mol. The summed E-state index contributed by atoms with van der Waals surface area (Å²) in [6.07, 6.45) is 7.18. The van der Waals surface area contributed by atoms with Crippen molar-refractivity contribution in [2.75, 3.05) is 13.1 Å². The Bertz CT molecular complexity index is 416. The molecule has 3 N–H and O–H groups in total. The minimum absolute atomic E-state index is 0.0492. The van der Waals surface area contributed by atoms with Gasteiger partial charge in [0.05, 0.1) is 0 Å². The Morgan fingerprint density at radius 2 is 2.11 bits per heavy atom. The standard InChI is InChI=1S/C14H23BrN4/c1-14(2,19-5-3-4-6-19)13(18-16)8-11-7-12(15)10-17-9-11/h7,9-10,13,18H,3-6,8,16H2,1-2H3. The van der Waals surface area contributed by atoms with Crippen molar-refractivity contribution in [2.24, 2.45) is 5.84 Å². The summed E-state index contributed by atoms with van der Waals surface area (Å²) in [7, 11) is 0. The van der Waals surface area contributed by atoms with Crippen LogP contribution in [0.15, 0.2) is 22.9 Å². The number of nitrogens with two attached hydrogens (primary N) is 1. The topological polar surface area (TPSA) is 54.2 Å². The maximum absolute atomic E-state index is 5.80. The third kappa shape index (κ3) is 3.54. The van der Waals surface area contributed by atoms with Crippen molar-refractivity contribution >= 4 is 15.9 Å². The highest BCUT2D eigenvalue weighted by molar-refractivity contribution is 9.10. The molecule has 0 aliphatic carbocycles. The molecule has 1 aliphatic heterocycles. The molecule has 0 saturated carbocycles. The molecule has 1 aromatic rings. The molecule has 106 valence electrons. The van der Waals surface area contributed by atoms with Gasteiger partial charge < -0.3 is 0 Å². The number of hydrogen-bond donors (Lipinski definition) is 2. The molecule has 1 atom stereocenters. The van der Waals surface area contributed by atoms with Crippen LogP contribution in [0.5, 0.6) is 0 Å². The Morgan fingerprint density at radius 1 is 1.42 bits per heavy atom. The average Bonchev–Trinajstić information content (AvgIpc) is 2.90. The van der Waals surface area contributed by atoms with Gasteiger partial charge in [0.1, 0.15) is 0 Å². The third-order valence-corrected chi connectivity index (χ3v) is 4.61. The van der Waals surface area contributed by atoms with Gasteiger partial charge in [0, 0.05) is 28.4 Å². The summed E-state index contributed by atoms with van der Waals surface area (Å²) in [5.74, 6) is 5.80. The lowest BCUT2D eigenvalue weighted by Crippen LogP contribution is -2.59. The van der Waals surface area contributed by atoms with Gasteiger partial charge in [-0.1, -0.05) is 0 Å². The number of hydrazine groups is 1. The predicted octanol–water partition coefficient (Wildman–Crippen LogP) is 2.09. The molecule has 19 heavy (non-hydrogen) atoms. The molecule has 1 saturated heterocycles. The lowest BCUT2D eigenvalue weighted by atomic mass is 9.88. The van der Waals surface area contributed by atoms with Crippen LogP contribution in [-0.2, 0) is 6.42 Å². The Balaban J connectivity index is 2.10. The third-order valence-electron chi connectivity index (χ3n) is 4.18. The maximum atomic E-state index is 5.80. The molecule has 0 spiro atoms. The van der Waals surface area contributed by atoms with Gasteiger partial charge in [0.25, 0.3) is 0 Å². The monoisotopic (exact) mass is 326 g/mol. The summed E-state index contributed by atoms with van der Waals surface area (Å²) in [5, 5.41) is 0. The van der Waals surface area contributed by atoms with E-state index in [1.54, 1.807) is 6.20 Å². The highest BCUT2D eigenvalue weighted by Gasteiger charge is 2.36. The molecule has 5 heteroatoms. The Morgan fingerprint density at radius 3 is 2.68 bits per heavy atom. The van der Waals surface area contributed by atoms with Gasteiger partial charge in [-0.15, -0.1) is 0 Å². The van der Waals surface area contributed by atoms with Crippen molar-refractivity contribution in [2.45, 2.75) is 44.7 Å². The van der Waals surface area contributed by atoms with Crippen LogP contribution in [-0.4, -0.2) is 34.6 Å². The van der Waals surface area contributed by atoms with E-state index in [0.717, 1.165) is 10.9 Å². The van der Waals surface area contributed by atoms with Gasteiger partial charge in [-0.2, -0.15) is 0 Å². The molecule has 1 unspecified atom stereocenters. The average molecular weight is 327 g/mol. The minimum atomic E-state index is 0.0492. The molecule has 2 heterocycles. The summed E-state index contributed by atoms with van der Waals surface area (Å²) >= 11 is 3.47. The fraction of sp³-hybridized carbons (Fsp3) is 0.643. The zero-order valence-corrected chi connectivity index (χ0v) is 13.3. The van der Waals surface area contributed by atoms with Crippen LogP contribution in [0.25, 0.3) is 0 Å². The van der Waals surface area contributed by atoms with Crippen LogP contribution in [0, 0.1) is 0 Å². The van der Waals surface area contributed by atoms with Crippen molar-refractivity contribution in [1.29, 1.82) is 0 Å². The molecule has 0 aromatic carbocycles. The van der Waals surface area contributed by atoms with Gasteiger partial charge >= 0.3 is 0 Å². The van der Waals surface area contributed by atoms with E-state index >= 15 is 0 Å². The highest BCUT2D eigenvalue weighted by atomic mass is 79.9. The van der Waals surface area contributed by atoms with E-state index in [2.05, 4.69) is 51.2 Å². The maximum Gasteiger partial charge on any atom is 0.0430 e. The number of aromatic nitrogens is 1. The Kier molecular flexibility index (Phi) is 4.95. The smallest absolute Gasteiger partial charge is 0.0430 e. The van der Waals surface area contributed by atoms with E-state index < -0.39 is 0 Å². The zero-order valence-electron chi connectivity index (χ0n) is 11.7. The minimum Gasteiger partial charge on any atom is -0.297 e. The second kappa shape index (κ2) is 6.31. The molecular formula is C14H23BrN4. The first-order chi connectivity index (χ1) is 9.04. The summed E-state index contributed by atoms with van der Waals surface area (Å²) in [6, 6.07) is 2.32. The van der Waals surface area contributed by atoms with Crippen LogP contribution in [0.3, 0.4) is 0 Å². The second-order valence-electron chi connectivity index (χ2n) is 5.78. The van der Waals surface area contributed by atoms with Crippen LogP contribution < -0.4 is 11.3 Å². The quantitative estimate of drug-likeness (QED) is 0.642. The number of hydrogen-bond acceptors (Lipinski definition) is 4. The van der Waals surface area contributed by atoms with Crippen LogP contribution in [0.4, 0.5) is 0 Å². The normalized spacial score (nSPS) is 18.7. The molecule has 1 aromatic heterocycles.